The quantitative estimate of drug-likeness (QED) is 0.657. The van der Waals surface area contributed by atoms with E-state index in [9.17, 15) is 0 Å². The van der Waals surface area contributed by atoms with Gasteiger partial charge in [0.25, 0.3) is 0 Å². The van der Waals surface area contributed by atoms with Crippen molar-refractivity contribution < 1.29 is 4.52 Å². The second-order valence-corrected chi connectivity index (χ2v) is 1.91. The lowest BCUT2D eigenvalue weighted by Crippen LogP contribution is -1.76. The van der Waals surface area contributed by atoms with Gasteiger partial charge in [0, 0.05) is 0 Å². The molecular formula is C5H4N6O. The average Bonchev–Trinajstić information content (AvgIpc) is 2.74. The SMILES string of the molecule is C(=C\c1nnn[nH]1)/c1ncon1. The zero-order valence-electron chi connectivity index (χ0n) is 5.88. The summed E-state index contributed by atoms with van der Waals surface area (Å²) in [5.41, 5.74) is 0. The van der Waals surface area contributed by atoms with Gasteiger partial charge in [-0.2, -0.15) is 4.98 Å². The second-order valence-electron chi connectivity index (χ2n) is 1.91. The third-order valence-electron chi connectivity index (χ3n) is 1.13. The number of aromatic amines is 1. The topological polar surface area (TPSA) is 93.4 Å². The van der Waals surface area contributed by atoms with Gasteiger partial charge in [0.1, 0.15) is 0 Å². The Bertz CT molecular complexity index is 313. The lowest BCUT2D eigenvalue weighted by molar-refractivity contribution is 0.415. The monoisotopic (exact) mass is 164 g/mol. The molecule has 0 radical (unpaired) electrons. The van der Waals surface area contributed by atoms with Crippen LogP contribution >= 0.6 is 0 Å². The highest BCUT2D eigenvalue weighted by atomic mass is 16.5. The van der Waals surface area contributed by atoms with E-state index in [1.54, 1.807) is 12.2 Å². The molecule has 0 unspecified atom stereocenters. The van der Waals surface area contributed by atoms with Crippen LogP contribution in [0.5, 0.6) is 0 Å². The standard InChI is InChI=1S/C5H4N6O/c1(4-6-3-12-9-4)2-5-7-10-11-8-5/h1-3H,(H,7,8,10,11)/b2-1+. The van der Waals surface area contributed by atoms with E-state index in [-0.39, 0.29) is 0 Å². The van der Waals surface area contributed by atoms with Crippen molar-refractivity contribution in [1.82, 2.24) is 30.8 Å². The van der Waals surface area contributed by atoms with Crippen molar-refractivity contribution in [2.45, 2.75) is 0 Å². The zero-order chi connectivity index (χ0) is 8.23. The van der Waals surface area contributed by atoms with E-state index in [0.29, 0.717) is 11.6 Å². The molecule has 0 saturated heterocycles. The Hall–Kier alpha value is -2.05. The summed E-state index contributed by atoms with van der Waals surface area (Å²) in [4.78, 5) is 3.77. The highest BCUT2D eigenvalue weighted by molar-refractivity contribution is 5.61. The molecule has 0 aliphatic carbocycles. The van der Waals surface area contributed by atoms with Crippen LogP contribution in [0.4, 0.5) is 0 Å². The van der Waals surface area contributed by atoms with Crippen molar-refractivity contribution in [3.05, 3.63) is 18.0 Å². The molecule has 2 rings (SSSR count). The fourth-order valence-electron chi connectivity index (χ4n) is 0.643. The van der Waals surface area contributed by atoms with Crippen LogP contribution in [0.15, 0.2) is 10.9 Å². The molecule has 7 heteroatoms. The Kier molecular flexibility index (Phi) is 1.61. The van der Waals surface area contributed by atoms with Crippen molar-refractivity contribution >= 4 is 12.2 Å². The number of hydrogen-bond acceptors (Lipinski definition) is 6. The highest BCUT2D eigenvalue weighted by Gasteiger charge is 1.92. The van der Waals surface area contributed by atoms with E-state index in [2.05, 4.69) is 35.3 Å². The molecule has 7 nitrogen and oxygen atoms in total. The summed E-state index contributed by atoms with van der Waals surface area (Å²) in [6.45, 7) is 0. The lowest BCUT2D eigenvalue weighted by Gasteiger charge is -1.76. The summed E-state index contributed by atoms with van der Waals surface area (Å²) < 4.78 is 4.51. The predicted octanol–water partition coefficient (Wildman–Crippen LogP) is -0.247. The van der Waals surface area contributed by atoms with E-state index in [1.807, 2.05) is 0 Å². The minimum absolute atomic E-state index is 0.478. The number of H-pyrrole nitrogens is 1. The Labute approximate surface area is 66.5 Å². The Morgan fingerprint density at radius 3 is 3.08 bits per heavy atom. The molecule has 2 aromatic rings. The molecule has 2 aromatic heterocycles. The lowest BCUT2D eigenvalue weighted by atomic mass is 10.4. The van der Waals surface area contributed by atoms with Gasteiger partial charge in [0.05, 0.1) is 0 Å². The number of nitrogens with one attached hydrogen (secondary N) is 1. The van der Waals surface area contributed by atoms with Crippen LogP contribution in [0, 0.1) is 0 Å². The van der Waals surface area contributed by atoms with Crippen molar-refractivity contribution in [3.63, 3.8) is 0 Å². The molecule has 0 spiro atoms. The number of tetrazole rings is 1. The number of hydrogen-bond donors (Lipinski definition) is 1. The van der Waals surface area contributed by atoms with Gasteiger partial charge in [0.15, 0.2) is 11.6 Å². The third-order valence-corrected chi connectivity index (χ3v) is 1.13. The first-order valence-electron chi connectivity index (χ1n) is 3.13. The molecule has 0 fully saturated rings. The summed E-state index contributed by atoms with van der Waals surface area (Å²) in [7, 11) is 0. The van der Waals surface area contributed by atoms with Crippen LogP contribution in [0.1, 0.15) is 11.6 Å². The van der Waals surface area contributed by atoms with Crippen LogP contribution in [0.25, 0.3) is 12.2 Å². The molecular weight excluding hydrogens is 160 g/mol. The minimum atomic E-state index is 0.478. The fourth-order valence-corrected chi connectivity index (χ4v) is 0.643. The largest absolute Gasteiger partial charge is 0.342 e. The smallest absolute Gasteiger partial charge is 0.214 e. The van der Waals surface area contributed by atoms with E-state index < -0.39 is 0 Å². The molecule has 0 aliphatic heterocycles. The first-order chi connectivity index (χ1) is 5.95. The van der Waals surface area contributed by atoms with Crippen molar-refractivity contribution in [2.75, 3.05) is 0 Å². The molecule has 2 heterocycles. The predicted molar refractivity (Wildman–Crippen MR) is 37.4 cm³/mol. The Morgan fingerprint density at radius 2 is 2.42 bits per heavy atom. The highest BCUT2D eigenvalue weighted by Crippen LogP contribution is 1.96. The first-order valence-corrected chi connectivity index (χ1v) is 3.13. The zero-order valence-corrected chi connectivity index (χ0v) is 5.88. The normalized spacial score (nSPS) is 11.0. The molecule has 0 bridgehead atoms. The molecule has 0 aliphatic rings. The molecule has 12 heavy (non-hydrogen) atoms. The Morgan fingerprint density at radius 1 is 1.42 bits per heavy atom. The molecule has 0 amide bonds. The van der Waals surface area contributed by atoms with Gasteiger partial charge in [-0.15, -0.1) is 5.10 Å². The van der Waals surface area contributed by atoms with Gasteiger partial charge < -0.3 is 4.52 Å². The van der Waals surface area contributed by atoms with E-state index in [4.69, 9.17) is 0 Å². The fraction of sp³-hybridized carbons (Fsp3) is 0. The maximum absolute atomic E-state index is 4.51. The summed E-state index contributed by atoms with van der Waals surface area (Å²) in [6, 6.07) is 0. The van der Waals surface area contributed by atoms with Crippen LogP contribution in [-0.2, 0) is 0 Å². The summed E-state index contributed by atoms with van der Waals surface area (Å²) in [5.74, 6) is 1.02. The number of aromatic nitrogens is 6. The van der Waals surface area contributed by atoms with Gasteiger partial charge in [-0.25, -0.2) is 5.10 Å². The summed E-state index contributed by atoms with van der Waals surface area (Å²) in [6.07, 6.45) is 4.52. The van der Waals surface area contributed by atoms with Gasteiger partial charge in [-0.3, -0.25) is 0 Å². The Balaban J connectivity index is 2.14. The van der Waals surface area contributed by atoms with Crippen LogP contribution in [0.3, 0.4) is 0 Å². The molecule has 0 aromatic carbocycles. The minimum Gasteiger partial charge on any atom is -0.342 e. The van der Waals surface area contributed by atoms with E-state index in [0.717, 1.165) is 0 Å². The van der Waals surface area contributed by atoms with Crippen molar-refractivity contribution in [1.29, 1.82) is 0 Å². The summed E-state index contributed by atoms with van der Waals surface area (Å²) >= 11 is 0. The van der Waals surface area contributed by atoms with E-state index >= 15 is 0 Å². The van der Waals surface area contributed by atoms with Crippen LogP contribution in [0.2, 0.25) is 0 Å². The number of nitrogens with zero attached hydrogens (tertiary/aromatic N) is 5. The molecule has 60 valence electrons. The first kappa shape index (κ1) is 6.65. The van der Waals surface area contributed by atoms with Gasteiger partial charge in [-0.05, 0) is 22.6 Å². The average molecular weight is 164 g/mol. The maximum atomic E-state index is 4.51. The van der Waals surface area contributed by atoms with Gasteiger partial charge in [0.2, 0.25) is 6.39 Å². The van der Waals surface area contributed by atoms with Crippen molar-refractivity contribution in [3.8, 4) is 0 Å². The summed E-state index contributed by atoms with van der Waals surface area (Å²) in [5, 5.41) is 16.5. The molecule has 0 saturated carbocycles. The van der Waals surface area contributed by atoms with E-state index in [1.165, 1.54) is 6.39 Å². The van der Waals surface area contributed by atoms with Crippen molar-refractivity contribution in [2.24, 2.45) is 0 Å². The van der Waals surface area contributed by atoms with Crippen LogP contribution in [-0.4, -0.2) is 30.8 Å². The van der Waals surface area contributed by atoms with Crippen LogP contribution < -0.4 is 0 Å². The number of rotatable bonds is 2. The maximum Gasteiger partial charge on any atom is 0.214 e. The third kappa shape index (κ3) is 1.34. The van der Waals surface area contributed by atoms with Gasteiger partial charge in [-0.1, -0.05) is 5.16 Å². The molecule has 1 N–H and O–H groups in total. The molecule has 0 atom stereocenters. The van der Waals surface area contributed by atoms with Gasteiger partial charge >= 0.3 is 0 Å². The second kappa shape index (κ2) is 2.91.